The van der Waals surface area contributed by atoms with Crippen molar-refractivity contribution >= 4 is 23.6 Å². The molecule has 28 heavy (non-hydrogen) atoms. The highest BCUT2D eigenvalue weighted by Crippen LogP contribution is 2.31. The number of amides is 3. The lowest BCUT2D eigenvalue weighted by atomic mass is 9.96. The van der Waals surface area contributed by atoms with E-state index in [1.807, 2.05) is 28.0 Å². The molecule has 2 heterocycles. The molecule has 2 N–H and O–H groups in total. The molecule has 8 heteroatoms. The molecule has 1 fully saturated rings. The molecule has 2 atom stereocenters. The van der Waals surface area contributed by atoms with Crippen LogP contribution in [0.4, 0.5) is 10.5 Å². The molecule has 3 rings (SSSR count). The maximum atomic E-state index is 13.1. The number of likely N-dealkylation sites (tertiary alicyclic amines) is 1. The second-order valence-corrected chi connectivity index (χ2v) is 7.24. The smallest absolute Gasteiger partial charge is 0.426 e. The number of nitrogens with zero attached hydrogens (tertiary/aromatic N) is 2. The number of aryl methyl sites for hydroxylation is 1. The molecule has 1 saturated heterocycles. The zero-order valence-electron chi connectivity index (χ0n) is 16.4. The Balaban J connectivity index is 1.63. The van der Waals surface area contributed by atoms with Crippen molar-refractivity contribution in [3.8, 4) is 0 Å². The number of fused-ring (bicyclic) bond motifs is 1. The van der Waals surface area contributed by atoms with Crippen molar-refractivity contribution in [2.24, 2.45) is 0 Å². The highest BCUT2D eigenvalue weighted by molar-refractivity contribution is 5.97. The minimum absolute atomic E-state index is 0.00213. The topological polar surface area (TPSA) is 91.0 Å². The van der Waals surface area contributed by atoms with Gasteiger partial charge in [0.25, 0.3) is 5.91 Å². The van der Waals surface area contributed by atoms with Crippen LogP contribution in [0.1, 0.15) is 38.7 Å². The molecular formula is C20H28N4O4. The Bertz CT molecular complexity index is 739. The number of carbonyl (C=O) groups is 3. The molecule has 3 amide bonds. The zero-order valence-corrected chi connectivity index (χ0v) is 16.4. The van der Waals surface area contributed by atoms with Crippen molar-refractivity contribution in [2.45, 2.75) is 51.6 Å². The van der Waals surface area contributed by atoms with Crippen molar-refractivity contribution < 1.29 is 19.1 Å². The van der Waals surface area contributed by atoms with Crippen LogP contribution in [0, 0.1) is 0 Å². The van der Waals surface area contributed by atoms with E-state index in [9.17, 15) is 14.4 Å². The second kappa shape index (κ2) is 9.05. The first-order valence-corrected chi connectivity index (χ1v) is 9.88. The molecule has 2 aliphatic heterocycles. The van der Waals surface area contributed by atoms with Gasteiger partial charge in [0.05, 0.1) is 19.2 Å². The van der Waals surface area contributed by atoms with Crippen LogP contribution in [0.2, 0.25) is 0 Å². The van der Waals surface area contributed by atoms with E-state index < -0.39 is 12.1 Å². The molecule has 0 saturated carbocycles. The Morgan fingerprint density at radius 2 is 1.96 bits per heavy atom. The van der Waals surface area contributed by atoms with Gasteiger partial charge in [0, 0.05) is 11.7 Å². The molecule has 0 bridgehead atoms. The van der Waals surface area contributed by atoms with Crippen LogP contribution in [-0.2, 0) is 20.7 Å². The van der Waals surface area contributed by atoms with Crippen LogP contribution in [0.3, 0.4) is 0 Å². The first-order valence-electron chi connectivity index (χ1n) is 9.88. The van der Waals surface area contributed by atoms with Gasteiger partial charge in [-0.15, -0.1) is 0 Å². The monoisotopic (exact) mass is 388 g/mol. The van der Waals surface area contributed by atoms with Gasteiger partial charge in [-0.05, 0) is 57.7 Å². The van der Waals surface area contributed by atoms with Gasteiger partial charge < -0.3 is 9.64 Å². The van der Waals surface area contributed by atoms with Gasteiger partial charge >= 0.3 is 6.09 Å². The number of rotatable bonds is 4. The normalized spacial score (nSPS) is 21.7. The van der Waals surface area contributed by atoms with Gasteiger partial charge in [0.1, 0.15) is 0 Å². The van der Waals surface area contributed by atoms with Crippen molar-refractivity contribution in [1.82, 2.24) is 15.8 Å². The number of ether oxygens (including phenoxy) is 1. The summed E-state index contributed by atoms with van der Waals surface area (Å²) in [5.41, 5.74) is 6.77. The van der Waals surface area contributed by atoms with E-state index >= 15 is 0 Å². The van der Waals surface area contributed by atoms with Crippen LogP contribution in [0.25, 0.3) is 0 Å². The van der Waals surface area contributed by atoms with Gasteiger partial charge in [0.15, 0.2) is 0 Å². The number of anilines is 1. The summed E-state index contributed by atoms with van der Waals surface area (Å²) < 4.78 is 4.73. The predicted octanol–water partition coefficient (Wildman–Crippen LogP) is 1.60. The van der Waals surface area contributed by atoms with Gasteiger partial charge in [-0.25, -0.2) is 10.2 Å². The zero-order chi connectivity index (χ0) is 20.1. The molecule has 0 aliphatic carbocycles. The average Bonchev–Trinajstić information content (AvgIpc) is 3.14. The summed E-state index contributed by atoms with van der Waals surface area (Å²) in [5, 5.41) is 0. The fraction of sp³-hybridized carbons (Fsp3) is 0.550. The highest BCUT2D eigenvalue weighted by atomic mass is 16.6. The van der Waals surface area contributed by atoms with Crippen LogP contribution in [0.5, 0.6) is 0 Å². The SMILES string of the molecule is CCOC(=O)NNC(=O)[C@@H]1CCCN1CC(=O)N1c2ccccc2CC[C@H]1C. The molecule has 1 aromatic carbocycles. The summed E-state index contributed by atoms with van der Waals surface area (Å²) in [7, 11) is 0. The van der Waals surface area contributed by atoms with Crippen molar-refractivity contribution in [3.63, 3.8) is 0 Å². The van der Waals surface area contributed by atoms with Gasteiger partial charge in [0.2, 0.25) is 5.91 Å². The van der Waals surface area contributed by atoms with Crippen molar-refractivity contribution in [3.05, 3.63) is 29.8 Å². The van der Waals surface area contributed by atoms with E-state index in [2.05, 4.69) is 23.8 Å². The number of para-hydroxylation sites is 1. The van der Waals surface area contributed by atoms with Gasteiger partial charge in [-0.2, -0.15) is 0 Å². The number of benzene rings is 1. The van der Waals surface area contributed by atoms with E-state index in [1.165, 1.54) is 5.56 Å². The van der Waals surface area contributed by atoms with E-state index in [1.54, 1.807) is 6.92 Å². The van der Waals surface area contributed by atoms with Crippen LogP contribution in [-0.4, -0.2) is 54.6 Å². The third kappa shape index (κ3) is 4.44. The molecule has 0 aromatic heterocycles. The molecule has 2 aliphatic rings. The second-order valence-electron chi connectivity index (χ2n) is 7.24. The van der Waals surface area contributed by atoms with Crippen LogP contribution >= 0.6 is 0 Å². The summed E-state index contributed by atoms with van der Waals surface area (Å²) in [6.07, 6.45) is 2.67. The molecular weight excluding hydrogens is 360 g/mol. The van der Waals surface area contributed by atoms with E-state index in [0.29, 0.717) is 13.0 Å². The molecule has 8 nitrogen and oxygen atoms in total. The Hall–Kier alpha value is -2.61. The van der Waals surface area contributed by atoms with Crippen molar-refractivity contribution in [2.75, 3.05) is 24.6 Å². The summed E-state index contributed by atoms with van der Waals surface area (Å²) >= 11 is 0. The minimum atomic E-state index is -0.699. The standard InChI is InChI=1S/C20H28N4O4/c1-3-28-20(27)22-21-19(26)17-9-6-12-23(17)13-18(25)24-14(2)10-11-15-7-4-5-8-16(15)24/h4-5,7-8,14,17H,3,6,9-13H2,1-2H3,(H,21,26)(H,22,27)/t14-,17+/m1/s1. The highest BCUT2D eigenvalue weighted by Gasteiger charge is 2.35. The Labute approximate surface area is 165 Å². The average molecular weight is 388 g/mol. The molecule has 0 radical (unpaired) electrons. The number of hydrogen-bond acceptors (Lipinski definition) is 5. The lowest BCUT2D eigenvalue weighted by Gasteiger charge is -2.36. The third-order valence-electron chi connectivity index (χ3n) is 5.36. The maximum Gasteiger partial charge on any atom is 0.426 e. The fourth-order valence-electron chi connectivity index (χ4n) is 3.99. The van der Waals surface area contributed by atoms with Crippen LogP contribution in [0.15, 0.2) is 24.3 Å². The predicted molar refractivity (Wildman–Crippen MR) is 105 cm³/mol. The number of nitrogens with one attached hydrogen (secondary N) is 2. The Morgan fingerprint density at radius 3 is 2.75 bits per heavy atom. The summed E-state index contributed by atoms with van der Waals surface area (Å²) in [6, 6.07) is 7.68. The van der Waals surface area contributed by atoms with Gasteiger partial charge in [-0.3, -0.25) is 19.9 Å². The number of carbonyl (C=O) groups excluding carboxylic acids is 3. The molecule has 0 spiro atoms. The third-order valence-corrected chi connectivity index (χ3v) is 5.36. The van der Waals surface area contributed by atoms with E-state index in [4.69, 9.17) is 4.74 Å². The van der Waals surface area contributed by atoms with E-state index in [0.717, 1.165) is 24.9 Å². The lowest BCUT2D eigenvalue weighted by Crippen LogP contribution is -2.53. The largest absolute Gasteiger partial charge is 0.449 e. The summed E-state index contributed by atoms with van der Waals surface area (Å²) in [5.74, 6) is -0.330. The van der Waals surface area contributed by atoms with Crippen LogP contribution < -0.4 is 15.8 Å². The minimum Gasteiger partial charge on any atom is -0.449 e. The molecule has 1 aromatic rings. The fourth-order valence-corrected chi connectivity index (χ4v) is 3.99. The summed E-state index contributed by atoms with van der Waals surface area (Å²) in [6.45, 7) is 4.82. The number of hydrazine groups is 1. The molecule has 152 valence electrons. The van der Waals surface area contributed by atoms with E-state index in [-0.39, 0.29) is 31.0 Å². The number of hydrogen-bond donors (Lipinski definition) is 2. The van der Waals surface area contributed by atoms with Crippen molar-refractivity contribution in [1.29, 1.82) is 0 Å². The Morgan fingerprint density at radius 1 is 1.18 bits per heavy atom. The Kier molecular flexibility index (Phi) is 6.51. The van der Waals surface area contributed by atoms with Gasteiger partial charge in [-0.1, -0.05) is 18.2 Å². The quantitative estimate of drug-likeness (QED) is 0.765. The molecule has 0 unspecified atom stereocenters. The summed E-state index contributed by atoms with van der Waals surface area (Å²) in [4.78, 5) is 40.7. The lowest BCUT2D eigenvalue weighted by molar-refractivity contribution is -0.127. The first kappa shape index (κ1) is 20.1. The first-order chi connectivity index (χ1) is 13.5. The maximum absolute atomic E-state index is 13.1.